The molecule has 1 aromatic carbocycles. The Morgan fingerprint density at radius 3 is 2.50 bits per heavy atom. The minimum Gasteiger partial charge on any atom is -0.387 e. The number of allylic oxidation sites excluding steroid dienone is 1. The SMILES string of the molecule is CCSC1=C(C#N)C(c2ccccn2)C(c2ccccc2)C(N)=N1. The Morgan fingerprint density at radius 1 is 1.12 bits per heavy atom. The number of pyridine rings is 1. The summed E-state index contributed by atoms with van der Waals surface area (Å²) in [6.07, 6.45) is 1.75. The molecule has 2 unspecified atom stereocenters. The lowest BCUT2D eigenvalue weighted by Gasteiger charge is -2.30. The minimum atomic E-state index is -0.217. The molecule has 0 bridgehead atoms. The number of hydrogen-bond donors (Lipinski definition) is 1. The van der Waals surface area contributed by atoms with Crippen molar-refractivity contribution in [1.82, 2.24) is 4.98 Å². The first-order valence-corrected chi connectivity index (χ1v) is 8.81. The maximum Gasteiger partial charge on any atom is 0.112 e. The molecule has 2 atom stereocenters. The van der Waals surface area contributed by atoms with E-state index in [1.807, 2.05) is 55.5 Å². The van der Waals surface area contributed by atoms with Crippen LogP contribution in [0.3, 0.4) is 0 Å². The van der Waals surface area contributed by atoms with Gasteiger partial charge in [-0.3, -0.25) is 4.98 Å². The molecule has 120 valence electrons. The Hall–Kier alpha value is -2.58. The van der Waals surface area contributed by atoms with Gasteiger partial charge in [0.1, 0.15) is 10.9 Å². The summed E-state index contributed by atoms with van der Waals surface area (Å²) < 4.78 is 0. The van der Waals surface area contributed by atoms with Crippen molar-refractivity contribution in [2.45, 2.75) is 18.8 Å². The smallest absolute Gasteiger partial charge is 0.112 e. The highest BCUT2D eigenvalue weighted by Crippen LogP contribution is 2.44. The molecule has 0 saturated carbocycles. The maximum absolute atomic E-state index is 9.81. The molecule has 0 fully saturated rings. The van der Waals surface area contributed by atoms with E-state index in [2.05, 4.69) is 16.0 Å². The van der Waals surface area contributed by atoms with Gasteiger partial charge in [0.05, 0.1) is 23.5 Å². The highest BCUT2D eigenvalue weighted by atomic mass is 32.2. The van der Waals surface area contributed by atoms with Gasteiger partial charge in [-0.25, -0.2) is 4.99 Å². The van der Waals surface area contributed by atoms with Gasteiger partial charge in [-0.1, -0.05) is 43.3 Å². The van der Waals surface area contributed by atoms with E-state index in [-0.39, 0.29) is 11.8 Å². The largest absolute Gasteiger partial charge is 0.387 e. The van der Waals surface area contributed by atoms with Crippen molar-refractivity contribution in [2.75, 3.05) is 5.75 Å². The third-order valence-corrected chi connectivity index (χ3v) is 4.86. The van der Waals surface area contributed by atoms with Crippen LogP contribution >= 0.6 is 11.8 Å². The Morgan fingerprint density at radius 2 is 1.88 bits per heavy atom. The minimum absolute atomic E-state index is 0.183. The highest BCUT2D eigenvalue weighted by molar-refractivity contribution is 8.03. The van der Waals surface area contributed by atoms with Crippen LogP contribution in [0.15, 0.2) is 70.3 Å². The second-order valence-electron chi connectivity index (χ2n) is 5.42. The van der Waals surface area contributed by atoms with Gasteiger partial charge >= 0.3 is 0 Å². The predicted molar refractivity (Wildman–Crippen MR) is 98.6 cm³/mol. The zero-order valence-electron chi connectivity index (χ0n) is 13.4. The zero-order chi connectivity index (χ0) is 16.9. The number of benzene rings is 1. The van der Waals surface area contributed by atoms with Crippen molar-refractivity contribution >= 4 is 17.6 Å². The molecule has 3 rings (SSSR count). The van der Waals surface area contributed by atoms with Gasteiger partial charge in [0, 0.05) is 11.9 Å². The van der Waals surface area contributed by atoms with Gasteiger partial charge in [-0.2, -0.15) is 5.26 Å². The summed E-state index contributed by atoms with van der Waals surface area (Å²) in [5, 5.41) is 10.5. The van der Waals surface area contributed by atoms with Crippen molar-refractivity contribution < 1.29 is 0 Å². The van der Waals surface area contributed by atoms with E-state index < -0.39 is 0 Å². The molecular weight excluding hydrogens is 316 g/mol. The Bertz CT molecular complexity index is 806. The van der Waals surface area contributed by atoms with Crippen LogP contribution in [0.4, 0.5) is 0 Å². The Kier molecular flexibility index (Phi) is 4.97. The highest BCUT2D eigenvalue weighted by Gasteiger charge is 2.37. The molecule has 0 saturated heterocycles. The van der Waals surface area contributed by atoms with E-state index >= 15 is 0 Å². The van der Waals surface area contributed by atoms with Gasteiger partial charge < -0.3 is 5.73 Å². The average Bonchev–Trinajstić information content (AvgIpc) is 2.63. The molecule has 1 aromatic heterocycles. The lowest BCUT2D eigenvalue weighted by molar-refractivity contribution is 0.703. The molecule has 2 aromatic rings. The fraction of sp³-hybridized carbons (Fsp3) is 0.211. The molecule has 0 spiro atoms. The quantitative estimate of drug-likeness (QED) is 0.922. The number of hydrogen-bond acceptors (Lipinski definition) is 5. The molecule has 5 heteroatoms. The van der Waals surface area contributed by atoms with E-state index in [0.29, 0.717) is 16.4 Å². The van der Waals surface area contributed by atoms with Crippen LogP contribution in [-0.4, -0.2) is 16.6 Å². The van der Waals surface area contributed by atoms with Crippen molar-refractivity contribution in [3.05, 3.63) is 76.6 Å². The lowest BCUT2D eigenvalue weighted by atomic mass is 9.77. The first-order chi connectivity index (χ1) is 11.8. The summed E-state index contributed by atoms with van der Waals surface area (Å²) in [7, 11) is 0. The van der Waals surface area contributed by atoms with Crippen molar-refractivity contribution in [3.63, 3.8) is 0 Å². The van der Waals surface area contributed by atoms with Crippen LogP contribution in [0, 0.1) is 11.3 Å². The third-order valence-electron chi connectivity index (χ3n) is 3.99. The number of amidine groups is 1. The van der Waals surface area contributed by atoms with Crippen LogP contribution in [0.5, 0.6) is 0 Å². The summed E-state index contributed by atoms with van der Waals surface area (Å²) in [6.45, 7) is 2.04. The van der Waals surface area contributed by atoms with Gasteiger partial charge in [0.25, 0.3) is 0 Å². The number of nitrogens with two attached hydrogens (primary N) is 1. The van der Waals surface area contributed by atoms with Crippen LogP contribution < -0.4 is 5.73 Å². The van der Waals surface area contributed by atoms with Gasteiger partial charge in [0.2, 0.25) is 0 Å². The summed E-state index contributed by atoms with van der Waals surface area (Å²) in [6, 6.07) is 18.1. The maximum atomic E-state index is 9.81. The van der Waals surface area contributed by atoms with Crippen LogP contribution in [0.25, 0.3) is 0 Å². The Balaban J connectivity index is 2.19. The Labute approximate surface area is 146 Å². The number of aromatic nitrogens is 1. The second-order valence-corrected chi connectivity index (χ2v) is 6.67. The van der Waals surface area contributed by atoms with E-state index in [1.54, 1.807) is 18.0 Å². The van der Waals surface area contributed by atoms with Crippen molar-refractivity contribution in [1.29, 1.82) is 5.26 Å². The van der Waals surface area contributed by atoms with E-state index in [1.165, 1.54) is 0 Å². The molecular formula is C19H18N4S. The second kappa shape index (κ2) is 7.33. The number of aliphatic imine (C=N–C) groups is 1. The number of rotatable bonds is 4. The number of nitrogens with zero attached hydrogens (tertiary/aromatic N) is 3. The zero-order valence-corrected chi connectivity index (χ0v) is 14.2. The van der Waals surface area contributed by atoms with Crippen molar-refractivity contribution in [2.24, 2.45) is 10.7 Å². The van der Waals surface area contributed by atoms with Gasteiger partial charge in [-0.05, 0) is 23.4 Å². The van der Waals surface area contributed by atoms with E-state index in [4.69, 9.17) is 5.73 Å². The van der Waals surface area contributed by atoms with E-state index in [0.717, 1.165) is 17.0 Å². The molecule has 4 nitrogen and oxygen atoms in total. The fourth-order valence-electron chi connectivity index (χ4n) is 2.98. The summed E-state index contributed by atoms with van der Waals surface area (Å²) in [5.74, 6) is 0.969. The molecule has 1 aliphatic rings. The van der Waals surface area contributed by atoms with Crippen LogP contribution in [0.2, 0.25) is 0 Å². The van der Waals surface area contributed by atoms with E-state index in [9.17, 15) is 5.26 Å². The lowest BCUT2D eigenvalue weighted by Crippen LogP contribution is -2.32. The predicted octanol–water partition coefficient (Wildman–Crippen LogP) is 3.81. The van der Waals surface area contributed by atoms with Gasteiger partial charge in [0.15, 0.2) is 0 Å². The monoisotopic (exact) mass is 334 g/mol. The molecule has 2 N–H and O–H groups in total. The van der Waals surface area contributed by atoms with Crippen LogP contribution in [0.1, 0.15) is 30.0 Å². The molecule has 0 amide bonds. The standard InChI is InChI=1S/C19H18N4S/c1-2-24-19-14(12-20)17(15-10-6-7-11-22-15)16(18(21)23-19)13-8-4-3-5-9-13/h3-11,16-17H,2H2,1H3,(H2,21,23). The molecule has 24 heavy (non-hydrogen) atoms. The third kappa shape index (κ3) is 3.06. The summed E-state index contributed by atoms with van der Waals surface area (Å²) in [4.78, 5) is 9.04. The first kappa shape index (κ1) is 16.3. The number of nitriles is 1. The number of thioether (sulfide) groups is 1. The molecule has 2 heterocycles. The van der Waals surface area contributed by atoms with Crippen molar-refractivity contribution in [3.8, 4) is 6.07 Å². The summed E-state index contributed by atoms with van der Waals surface area (Å²) in [5.41, 5.74) is 8.87. The average molecular weight is 334 g/mol. The summed E-state index contributed by atoms with van der Waals surface area (Å²) >= 11 is 1.55. The fourth-order valence-corrected chi connectivity index (χ4v) is 3.76. The molecule has 1 aliphatic heterocycles. The first-order valence-electron chi connectivity index (χ1n) is 7.83. The van der Waals surface area contributed by atoms with Gasteiger partial charge in [-0.15, -0.1) is 11.8 Å². The topological polar surface area (TPSA) is 75.1 Å². The molecule has 0 radical (unpaired) electrons. The van der Waals surface area contributed by atoms with Crippen LogP contribution in [-0.2, 0) is 0 Å². The molecule has 0 aliphatic carbocycles. The normalized spacial score (nSPS) is 20.4.